The van der Waals surface area contributed by atoms with Gasteiger partial charge in [-0.25, -0.2) is 4.57 Å². The van der Waals surface area contributed by atoms with Gasteiger partial charge in [0, 0.05) is 27.1 Å². The average molecular weight is 697 g/mol. The van der Waals surface area contributed by atoms with E-state index in [1.54, 1.807) is 14.2 Å². The molecule has 11 nitrogen and oxygen atoms in total. The lowest BCUT2D eigenvalue weighted by Gasteiger charge is -2.24. The summed E-state index contributed by atoms with van der Waals surface area (Å²) in [4.78, 5) is 35.1. The van der Waals surface area contributed by atoms with E-state index in [0.717, 1.165) is 51.4 Å². The van der Waals surface area contributed by atoms with Gasteiger partial charge in [0.1, 0.15) is 19.8 Å². The minimum absolute atomic E-state index is 0.0213. The topological polar surface area (TPSA) is 127 Å². The van der Waals surface area contributed by atoms with Crippen LogP contribution in [0.5, 0.6) is 0 Å². The number of hydrogen-bond acceptors (Lipinski definition) is 9. The first-order valence-electron chi connectivity index (χ1n) is 18.3. The fourth-order valence-corrected chi connectivity index (χ4v) is 5.73. The van der Waals surface area contributed by atoms with E-state index >= 15 is 0 Å². The molecule has 0 aliphatic carbocycles. The predicted molar refractivity (Wildman–Crippen MR) is 186 cm³/mol. The van der Waals surface area contributed by atoms with E-state index in [-0.39, 0.29) is 38.3 Å². The third-order valence-corrected chi connectivity index (χ3v) is 8.98. The van der Waals surface area contributed by atoms with Crippen LogP contribution in [0.15, 0.2) is 0 Å². The zero-order valence-electron chi connectivity index (χ0n) is 30.8. The summed E-state index contributed by atoms with van der Waals surface area (Å²) in [6.45, 7) is 2.10. The van der Waals surface area contributed by atoms with Gasteiger partial charge in [0.25, 0.3) is 0 Å². The molecule has 0 saturated carbocycles. The van der Waals surface area contributed by atoms with Crippen LogP contribution in [0.1, 0.15) is 142 Å². The first-order chi connectivity index (χ1) is 22.4. The molecule has 0 saturated heterocycles. The Morgan fingerprint density at radius 1 is 0.660 bits per heavy atom. The lowest BCUT2D eigenvalue weighted by molar-refractivity contribution is -0.870. The second-order valence-electron chi connectivity index (χ2n) is 13.6. The summed E-state index contributed by atoms with van der Waals surface area (Å²) in [5.74, 6) is -0.853. The number of methoxy groups -OCH3 is 2. The number of quaternary nitrogens is 1. The van der Waals surface area contributed by atoms with Gasteiger partial charge < -0.3 is 28.3 Å². The molecule has 1 N–H and O–H groups in total. The van der Waals surface area contributed by atoms with Gasteiger partial charge in [-0.15, -0.1) is 0 Å². The molecule has 0 amide bonds. The van der Waals surface area contributed by atoms with E-state index in [1.807, 2.05) is 21.1 Å². The maximum Gasteiger partial charge on any atom is 0.472 e. The first kappa shape index (κ1) is 45.9. The van der Waals surface area contributed by atoms with Crippen molar-refractivity contribution in [3.63, 3.8) is 0 Å². The summed E-state index contributed by atoms with van der Waals surface area (Å²) in [6, 6.07) is 0. The molecule has 0 radical (unpaired) electrons. The summed E-state index contributed by atoms with van der Waals surface area (Å²) in [7, 11) is 4.68. The van der Waals surface area contributed by atoms with Crippen molar-refractivity contribution in [2.75, 3.05) is 61.7 Å². The van der Waals surface area contributed by atoms with Crippen LogP contribution in [-0.4, -0.2) is 95.4 Å². The van der Waals surface area contributed by atoms with Gasteiger partial charge in [0.2, 0.25) is 0 Å². The minimum atomic E-state index is -4.38. The summed E-state index contributed by atoms with van der Waals surface area (Å²) in [5, 5.41) is 0. The lowest BCUT2D eigenvalue weighted by atomic mass is 10.0. The Hall–Kier alpha value is -1.07. The van der Waals surface area contributed by atoms with Crippen molar-refractivity contribution in [3.8, 4) is 0 Å². The van der Waals surface area contributed by atoms with E-state index in [4.69, 9.17) is 28.0 Å². The van der Waals surface area contributed by atoms with Gasteiger partial charge in [0.15, 0.2) is 12.4 Å². The smallest absolute Gasteiger partial charge is 0.462 e. The highest BCUT2D eigenvalue weighted by molar-refractivity contribution is 7.47. The largest absolute Gasteiger partial charge is 0.472 e. The Morgan fingerprint density at radius 3 is 1.62 bits per heavy atom. The average Bonchev–Trinajstić information content (AvgIpc) is 3.01. The van der Waals surface area contributed by atoms with Crippen molar-refractivity contribution in [1.82, 2.24) is 0 Å². The Balaban J connectivity index is 4.45. The van der Waals surface area contributed by atoms with E-state index in [0.29, 0.717) is 17.4 Å². The SMILES string of the molecule is CCCCCCCCCCCCCCCC(=O)OCC(COP(=O)(O)OCC[N+](C)(C)C)OC(=O)CCCCCCCC(OC)OC. The normalized spacial score (nSPS) is 13.9. The number of ether oxygens (including phenoxy) is 4. The van der Waals surface area contributed by atoms with Crippen molar-refractivity contribution in [1.29, 1.82) is 0 Å². The van der Waals surface area contributed by atoms with E-state index < -0.39 is 26.5 Å². The van der Waals surface area contributed by atoms with Crippen LogP contribution in [0.25, 0.3) is 0 Å². The third-order valence-electron chi connectivity index (χ3n) is 8.00. The highest BCUT2D eigenvalue weighted by atomic mass is 31.2. The van der Waals surface area contributed by atoms with Crippen molar-refractivity contribution in [2.45, 2.75) is 154 Å². The minimum Gasteiger partial charge on any atom is -0.462 e. The second kappa shape index (κ2) is 29.8. The number of phosphoric ester groups is 1. The van der Waals surface area contributed by atoms with Gasteiger partial charge in [0.05, 0.1) is 27.7 Å². The van der Waals surface area contributed by atoms with E-state index in [1.165, 1.54) is 64.2 Å². The molecule has 0 spiro atoms. The molecule has 2 unspecified atom stereocenters. The molecular weight excluding hydrogens is 625 g/mol. The summed E-state index contributed by atoms with van der Waals surface area (Å²) >= 11 is 0. The highest BCUT2D eigenvalue weighted by Crippen LogP contribution is 2.43. The van der Waals surface area contributed by atoms with Gasteiger partial charge in [-0.2, -0.15) is 0 Å². The van der Waals surface area contributed by atoms with Crippen LogP contribution < -0.4 is 0 Å². The zero-order valence-corrected chi connectivity index (χ0v) is 31.7. The fourth-order valence-electron chi connectivity index (χ4n) is 4.99. The van der Waals surface area contributed by atoms with E-state index in [2.05, 4.69) is 6.92 Å². The number of rotatable bonds is 34. The maximum atomic E-state index is 12.6. The molecule has 0 aromatic heterocycles. The number of hydrogen-bond donors (Lipinski definition) is 1. The second-order valence-corrected chi connectivity index (χ2v) is 15.1. The number of carbonyl (C=O) groups excluding carboxylic acids is 2. The number of esters is 2. The summed E-state index contributed by atoms with van der Waals surface area (Å²) in [5.41, 5.74) is 0. The van der Waals surface area contributed by atoms with Crippen LogP contribution in [0.2, 0.25) is 0 Å². The van der Waals surface area contributed by atoms with Gasteiger partial charge in [-0.1, -0.05) is 103 Å². The van der Waals surface area contributed by atoms with Gasteiger partial charge in [-0.3, -0.25) is 18.6 Å². The van der Waals surface area contributed by atoms with E-state index in [9.17, 15) is 19.0 Å². The van der Waals surface area contributed by atoms with Crippen LogP contribution in [-0.2, 0) is 42.1 Å². The summed E-state index contributed by atoms with van der Waals surface area (Å²) < 4.78 is 44.4. The summed E-state index contributed by atoms with van der Waals surface area (Å²) in [6.07, 6.45) is 20.4. The Labute approximate surface area is 286 Å². The molecule has 0 rings (SSSR count). The Kier molecular flexibility index (Phi) is 29.1. The van der Waals surface area contributed by atoms with Crippen LogP contribution in [0, 0.1) is 0 Å². The molecule has 0 bridgehead atoms. The molecule has 2 atom stereocenters. The molecule has 0 aromatic rings. The monoisotopic (exact) mass is 696 g/mol. The predicted octanol–water partition coefficient (Wildman–Crippen LogP) is 8.11. The van der Waals surface area contributed by atoms with Crippen LogP contribution in [0.4, 0.5) is 0 Å². The molecule has 0 aromatic carbocycles. The maximum absolute atomic E-state index is 12.6. The number of unbranched alkanes of at least 4 members (excludes halogenated alkanes) is 16. The van der Waals surface area contributed by atoms with Gasteiger partial charge >= 0.3 is 19.8 Å². The molecule has 0 heterocycles. The third kappa shape index (κ3) is 31.9. The number of phosphoric acid groups is 1. The van der Waals surface area contributed by atoms with Crippen molar-refractivity contribution < 1.29 is 51.5 Å². The Bertz CT molecular complexity index is 804. The standard InChI is InChI=1S/C35H70NO10P/c1-7-8-9-10-11-12-13-14-15-16-17-19-22-25-33(37)43-30-32(31-45-47(39,40)44-29-28-36(2,3)4)46-34(38)26-23-20-18-21-24-27-35(41-5)42-6/h32,35H,7-31H2,1-6H3/p+1. The molecule has 0 aliphatic rings. The zero-order chi connectivity index (χ0) is 35.2. The van der Waals surface area contributed by atoms with Crippen molar-refractivity contribution in [2.24, 2.45) is 0 Å². The number of likely N-dealkylation sites (N-methyl/N-ethyl adjacent to an activating group) is 1. The first-order valence-corrected chi connectivity index (χ1v) is 19.7. The number of nitrogens with zero attached hydrogens (tertiary/aromatic N) is 1. The molecule has 47 heavy (non-hydrogen) atoms. The molecule has 12 heteroatoms. The molecular formula is C35H71NO10P+. The molecule has 280 valence electrons. The fraction of sp³-hybridized carbons (Fsp3) is 0.943. The lowest BCUT2D eigenvalue weighted by Crippen LogP contribution is -2.37. The van der Waals surface area contributed by atoms with Crippen molar-refractivity contribution in [3.05, 3.63) is 0 Å². The highest BCUT2D eigenvalue weighted by Gasteiger charge is 2.27. The van der Waals surface area contributed by atoms with Crippen molar-refractivity contribution >= 4 is 19.8 Å². The van der Waals surface area contributed by atoms with Crippen LogP contribution >= 0.6 is 7.82 Å². The van der Waals surface area contributed by atoms with Gasteiger partial charge in [-0.05, 0) is 25.7 Å². The molecule has 0 aliphatic heterocycles. The Morgan fingerprint density at radius 2 is 1.13 bits per heavy atom. The van der Waals surface area contributed by atoms with Crippen LogP contribution in [0.3, 0.4) is 0 Å². The quantitative estimate of drug-likeness (QED) is 0.0232. The molecule has 0 fully saturated rings. The number of carbonyl (C=O) groups is 2.